The molecule has 0 aromatic carbocycles. The van der Waals surface area contributed by atoms with Crippen LogP contribution in [0.4, 0.5) is 5.82 Å². The van der Waals surface area contributed by atoms with Crippen LogP contribution in [0.2, 0.25) is 0 Å². The van der Waals surface area contributed by atoms with Crippen molar-refractivity contribution in [3.8, 4) is 11.4 Å². The minimum absolute atomic E-state index is 0.142. The number of pyridine rings is 1. The highest BCUT2D eigenvalue weighted by molar-refractivity contribution is 5.57. The highest BCUT2D eigenvalue weighted by Crippen LogP contribution is 2.31. The van der Waals surface area contributed by atoms with Crippen LogP contribution < -0.4 is 4.90 Å². The van der Waals surface area contributed by atoms with Crippen LogP contribution in [0.1, 0.15) is 25.5 Å². The number of aryl methyl sites for hydroxylation is 1. The van der Waals surface area contributed by atoms with E-state index in [4.69, 9.17) is 4.98 Å². The van der Waals surface area contributed by atoms with Crippen LogP contribution in [0, 0.1) is 5.92 Å². The van der Waals surface area contributed by atoms with Gasteiger partial charge in [0.2, 0.25) is 0 Å². The summed E-state index contributed by atoms with van der Waals surface area (Å²) in [5.74, 6) is 2.39. The Balaban J connectivity index is 1.94. The summed E-state index contributed by atoms with van der Waals surface area (Å²) < 4.78 is 0. The highest BCUT2D eigenvalue weighted by Gasteiger charge is 2.25. The summed E-state index contributed by atoms with van der Waals surface area (Å²) in [7, 11) is 0. The zero-order valence-corrected chi connectivity index (χ0v) is 12.9. The van der Waals surface area contributed by atoms with E-state index in [0.29, 0.717) is 6.54 Å². The SMILES string of the molecule is CCc1cc(N(CCO)CC2CC2)nc(-c2ccncc2)n1. The summed E-state index contributed by atoms with van der Waals surface area (Å²) in [4.78, 5) is 15.6. The molecule has 0 amide bonds. The van der Waals surface area contributed by atoms with Crippen molar-refractivity contribution in [2.24, 2.45) is 5.92 Å². The Morgan fingerprint density at radius 2 is 2.00 bits per heavy atom. The number of rotatable bonds is 7. The predicted molar refractivity (Wildman–Crippen MR) is 86.7 cm³/mol. The van der Waals surface area contributed by atoms with E-state index >= 15 is 0 Å². The Morgan fingerprint density at radius 1 is 1.23 bits per heavy atom. The number of aromatic nitrogens is 3. The molecule has 22 heavy (non-hydrogen) atoms. The van der Waals surface area contributed by atoms with Crippen LogP contribution in [0.5, 0.6) is 0 Å². The van der Waals surface area contributed by atoms with E-state index in [1.807, 2.05) is 18.2 Å². The van der Waals surface area contributed by atoms with Crippen molar-refractivity contribution in [2.45, 2.75) is 26.2 Å². The van der Waals surface area contributed by atoms with Crippen molar-refractivity contribution in [3.05, 3.63) is 36.3 Å². The fraction of sp³-hybridized carbons (Fsp3) is 0.471. The van der Waals surface area contributed by atoms with E-state index in [-0.39, 0.29) is 6.61 Å². The Hall–Kier alpha value is -2.01. The molecule has 116 valence electrons. The lowest BCUT2D eigenvalue weighted by Gasteiger charge is -2.23. The van der Waals surface area contributed by atoms with Gasteiger partial charge in [0.15, 0.2) is 5.82 Å². The number of aliphatic hydroxyl groups is 1. The molecule has 2 aromatic heterocycles. The maximum Gasteiger partial charge on any atom is 0.161 e. The molecule has 2 aromatic rings. The van der Waals surface area contributed by atoms with E-state index in [9.17, 15) is 5.11 Å². The van der Waals surface area contributed by atoms with Crippen molar-refractivity contribution >= 4 is 5.82 Å². The van der Waals surface area contributed by atoms with Crippen molar-refractivity contribution < 1.29 is 5.11 Å². The van der Waals surface area contributed by atoms with Gasteiger partial charge in [-0.25, -0.2) is 9.97 Å². The van der Waals surface area contributed by atoms with Gasteiger partial charge in [0.25, 0.3) is 0 Å². The molecule has 0 radical (unpaired) electrons. The molecular formula is C17H22N4O. The summed E-state index contributed by atoms with van der Waals surface area (Å²) in [6.45, 7) is 3.82. The van der Waals surface area contributed by atoms with E-state index in [2.05, 4.69) is 21.8 Å². The lowest BCUT2D eigenvalue weighted by Crippen LogP contribution is -2.30. The maximum absolute atomic E-state index is 9.35. The van der Waals surface area contributed by atoms with Gasteiger partial charge in [0.1, 0.15) is 5.82 Å². The average Bonchev–Trinajstić information content (AvgIpc) is 3.39. The maximum atomic E-state index is 9.35. The molecule has 2 heterocycles. The minimum Gasteiger partial charge on any atom is -0.395 e. The Kier molecular flexibility index (Phi) is 4.63. The van der Waals surface area contributed by atoms with Gasteiger partial charge in [-0.3, -0.25) is 4.98 Å². The first kappa shape index (κ1) is 14.9. The highest BCUT2D eigenvalue weighted by atomic mass is 16.3. The molecule has 0 atom stereocenters. The quantitative estimate of drug-likeness (QED) is 0.850. The van der Waals surface area contributed by atoms with Gasteiger partial charge >= 0.3 is 0 Å². The van der Waals surface area contributed by atoms with Crippen molar-refractivity contribution in [1.29, 1.82) is 0 Å². The zero-order chi connectivity index (χ0) is 15.4. The number of hydrogen-bond acceptors (Lipinski definition) is 5. The Morgan fingerprint density at radius 3 is 2.64 bits per heavy atom. The van der Waals surface area contributed by atoms with Crippen molar-refractivity contribution in [3.63, 3.8) is 0 Å². The Bertz CT molecular complexity index is 613. The number of aliphatic hydroxyl groups excluding tert-OH is 1. The van der Waals surface area contributed by atoms with Crippen LogP contribution in [0.25, 0.3) is 11.4 Å². The summed E-state index contributed by atoms with van der Waals surface area (Å²) in [5, 5.41) is 9.35. The first-order valence-corrected chi connectivity index (χ1v) is 7.94. The largest absolute Gasteiger partial charge is 0.395 e. The van der Waals surface area contributed by atoms with E-state index in [1.54, 1.807) is 12.4 Å². The van der Waals surface area contributed by atoms with Gasteiger partial charge in [0, 0.05) is 42.8 Å². The lowest BCUT2D eigenvalue weighted by atomic mass is 10.2. The van der Waals surface area contributed by atoms with Gasteiger partial charge in [-0.15, -0.1) is 0 Å². The van der Waals surface area contributed by atoms with Gasteiger partial charge in [-0.1, -0.05) is 6.92 Å². The Labute approximate surface area is 131 Å². The summed E-state index contributed by atoms with van der Waals surface area (Å²) >= 11 is 0. The second kappa shape index (κ2) is 6.83. The first-order chi connectivity index (χ1) is 10.8. The van der Waals surface area contributed by atoms with Gasteiger partial charge in [0.05, 0.1) is 6.61 Å². The molecular weight excluding hydrogens is 276 g/mol. The molecule has 5 heteroatoms. The monoisotopic (exact) mass is 298 g/mol. The molecule has 0 bridgehead atoms. The lowest BCUT2D eigenvalue weighted by molar-refractivity contribution is 0.301. The van der Waals surface area contributed by atoms with Crippen molar-refractivity contribution in [1.82, 2.24) is 15.0 Å². The molecule has 1 saturated carbocycles. The molecule has 1 N–H and O–H groups in total. The molecule has 5 nitrogen and oxygen atoms in total. The fourth-order valence-corrected chi connectivity index (χ4v) is 2.49. The van der Waals surface area contributed by atoms with Crippen LogP contribution >= 0.6 is 0 Å². The van der Waals surface area contributed by atoms with Crippen LogP contribution in [-0.4, -0.2) is 39.8 Å². The molecule has 0 spiro atoms. The third-order valence-electron chi connectivity index (χ3n) is 3.94. The fourth-order valence-electron chi connectivity index (χ4n) is 2.49. The zero-order valence-electron chi connectivity index (χ0n) is 12.9. The summed E-state index contributed by atoms with van der Waals surface area (Å²) in [6, 6.07) is 5.90. The van der Waals surface area contributed by atoms with Crippen LogP contribution in [-0.2, 0) is 6.42 Å². The number of anilines is 1. The third kappa shape index (κ3) is 3.60. The molecule has 0 unspecified atom stereocenters. The van der Waals surface area contributed by atoms with Gasteiger partial charge in [-0.05, 0) is 37.3 Å². The van der Waals surface area contributed by atoms with Crippen LogP contribution in [0.15, 0.2) is 30.6 Å². The van der Waals surface area contributed by atoms with E-state index < -0.39 is 0 Å². The molecule has 0 saturated heterocycles. The average molecular weight is 298 g/mol. The molecule has 1 aliphatic rings. The summed E-state index contributed by atoms with van der Waals surface area (Å²) in [6.07, 6.45) is 6.94. The molecule has 3 rings (SSSR count). The normalized spacial score (nSPS) is 14.1. The molecule has 1 fully saturated rings. The second-order valence-electron chi connectivity index (χ2n) is 5.74. The molecule has 0 aliphatic heterocycles. The predicted octanol–water partition coefficient (Wildman–Crippen LogP) is 2.31. The standard InChI is InChI=1S/C17H22N4O/c1-2-15-11-16(21(9-10-22)12-13-3-4-13)20-17(19-15)14-5-7-18-8-6-14/h5-8,11,13,22H,2-4,9-10,12H2,1H3. The van der Waals surface area contributed by atoms with Gasteiger partial charge in [-0.2, -0.15) is 0 Å². The van der Waals surface area contributed by atoms with Gasteiger partial charge < -0.3 is 10.0 Å². The first-order valence-electron chi connectivity index (χ1n) is 7.94. The van der Waals surface area contributed by atoms with Crippen molar-refractivity contribution in [2.75, 3.05) is 24.6 Å². The number of hydrogen-bond donors (Lipinski definition) is 1. The third-order valence-corrected chi connectivity index (χ3v) is 3.94. The van der Waals surface area contributed by atoms with Crippen LogP contribution in [0.3, 0.4) is 0 Å². The topological polar surface area (TPSA) is 62.1 Å². The van der Waals surface area contributed by atoms with E-state index in [0.717, 1.165) is 41.8 Å². The van der Waals surface area contributed by atoms with E-state index in [1.165, 1.54) is 12.8 Å². The molecule has 1 aliphatic carbocycles. The summed E-state index contributed by atoms with van der Waals surface area (Å²) in [5.41, 5.74) is 2.00. The minimum atomic E-state index is 0.142. The number of nitrogens with zero attached hydrogens (tertiary/aromatic N) is 4. The smallest absolute Gasteiger partial charge is 0.161 e. The second-order valence-corrected chi connectivity index (χ2v) is 5.74.